The van der Waals surface area contributed by atoms with Crippen LogP contribution in [0.4, 0.5) is 5.13 Å². The molecule has 2 aromatic heterocycles. The zero-order valence-electron chi connectivity index (χ0n) is 10.9. The maximum absolute atomic E-state index is 4.68. The van der Waals surface area contributed by atoms with E-state index in [4.69, 9.17) is 0 Å². The van der Waals surface area contributed by atoms with Gasteiger partial charge in [0.05, 0.1) is 22.0 Å². The van der Waals surface area contributed by atoms with Gasteiger partial charge in [-0.1, -0.05) is 29.5 Å². The maximum atomic E-state index is 4.68. The average molecular weight is 269 g/mol. The molecule has 3 rings (SSSR count). The molecule has 0 aliphatic carbocycles. The quantitative estimate of drug-likeness (QED) is 0.722. The van der Waals surface area contributed by atoms with Crippen molar-refractivity contribution in [2.45, 2.75) is 13.0 Å². The Morgan fingerprint density at radius 1 is 1.11 bits per heavy atom. The Morgan fingerprint density at radius 3 is 2.63 bits per heavy atom. The number of benzene rings is 1. The smallest absolute Gasteiger partial charge is 0.186 e. The standard InChI is InChI=1S/C15H15N3S/c1-11(12-7-5-6-10-16-12)18(2)15-17-13-8-3-4-9-14(13)19-15/h3-11H,1-2H3. The van der Waals surface area contributed by atoms with Crippen LogP contribution in [0.25, 0.3) is 10.2 Å². The molecule has 1 atom stereocenters. The lowest BCUT2D eigenvalue weighted by Crippen LogP contribution is -2.22. The Bertz CT molecular complexity index is 645. The Morgan fingerprint density at radius 2 is 1.89 bits per heavy atom. The van der Waals surface area contributed by atoms with E-state index in [1.807, 2.05) is 30.5 Å². The predicted octanol–water partition coefficient (Wildman–Crippen LogP) is 3.89. The number of rotatable bonds is 3. The largest absolute Gasteiger partial charge is 0.343 e. The molecule has 4 heteroatoms. The number of hydrogen-bond donors (Lipinski definition) is 0. The fourth-order valence-corrected chi connectivity index (χ4v) is 3.01. The van der Waals surface area contributed by atoms with E-state index in [2.05, 4.69) is 47.0 Å². The Labute approximate surface area is 116 Å². The third kappa shape index (κ3) is 2.31. The minimum atomic E-state index is 0.210. The summed E-state index contributed by atoms with van der Waals surface area (Å²) < 4.78 is 1.22. The first-order chi connectivity index (χ1) is 9.25. The highest BCUT2D eigenvalue weighted by Crippen LogP contribution is 2.31. The summed E-state index contributed by atoms with van der Waals surface area (Å²) in [5, 5.41) is 1.03. The lowest BCUT2D eigenvalue weighted by Gasteiger charge is -2.23. The lowest BCUT2D eigenvalue weighted by molar-refractivity contribution is 0.713. The predicted molar refractivity (Wildman–Crippen MR) is 80.7 cm³/mol. The van der Waals surface area contributed by atoms with Crippen molar-refractivity contribution in [3.63, 3.8) is 0 Å². The van der Waals surface area contributed by atoms with E-state index < -0.39 is 0 Å². The van der Waals surface area contributed by atoms with Crippen molar-refractivity contribution in [3.05, 3.63) is 54.4 Å². The van der Waals surface area contributed by atoms with E-state index in [0.29, 0.717) is 0 Å². The summed E-state index contributed by atoms with van der Waals surface area (Å²) in [6, 6.07) is 14.4. The van der Waals surface area contributed by atoms with Gasteiger partial charge in [-0.15, -0.1) is 0 Å². The molecule has 0 bridgehead atoms. The molecule has 0 radical (unpaired) electrons. The SMILES string of the molecule is CC(c1ccccn1)N(C)c1nc2ccccc2s1. The van der Waals surface area contributed by atoms with Gasteiger partial charge in [-0.2, -0.15) is 0 Å². The zero-order chi connectivity index (χ0) is 13.2. The first-order valence-corrected chi connectivity index (χ1v) is 7.06. The zero-order valence-corrected chi connectivity index (χ0v) is 11.8. The Hall–Kier alpha value is -1.94. The molecule has 0 aliphatic rings. The molecule has 19 heavy (non-hydrogen) atoms. The molecule has 1 unspecified atom stereocenters. The molecule has 0 aliphatic heterocycles. The van der Waals surface area contributed by atoms with E-state index >= 15 is 0 Å². The van der Waals surface area contributed by atoms with Crippen LogP contribution < -0.4 is 4.90 Å². The summed E-state index contributed by atoms with van der Waals surface area (Å²) in [6.07, 6.45) is 1.83. The molecule has 3 aromatic rings. The molecule has 3 nitrogen and oxygen atoms in total. The summed E-state index contributed by atoms with van der Waals surface area (Å²) in [7, 11) is 2.07. The van der Waals surface area contributed by atoms with E-state index in [1.165, 1.54) is 4.70 Å². The molecule has 0 saturated carbocycles. The van der Waals surface area contributed by atoms with E-state index in [0.717, 1.165) is 16.3 Å². The summed E-state index contributed by atoms with van der Waals surface area (Å²) in [5.41, 5.74) is 2.12. The van der Waals surface area contributed by atoms with Gasteiger partial charge < -0.3 is 4.90 Å². The minimum Gasteiger partial charge on any atom is -0.343 e. The number of nitrogens with zero attached hydrogens (tertiary/aromatic N) is 3. The van der Waals surface area contributed by atoms with Crippen LogP contribution in [0.3, 0.4) is 0 Å². The summed E-state index contributed by atoms with van der Waals surface area (Å²) in [6.45, 7) is 2.15. The molecule has 0 saturated heterocycles. The van der Waals surface area contributed by atoms with Gasteiger partial charge in [-0.25, -0.2) is 4.98 Å². The minimum absolute atomic E-state index is 0.210. The number of para-hydroxylation sites is 1. The Kier molecular flexibility index (Phi) is 3.17. The average Bonchev–Trinajstić information content (AvgIpc) is 2.90. The summed E-state index contributed by atoms with van der Waals surface area (Å²) >= 11 is 1.72. The van der Waals surface area contributed by atoms with Crippen LogP contribution in [0.2, 0.25) is 0 Å². The molecular weight excluding hydrogens is 254 g/mol. The molecule has 2 heterocycles. The molecule has 0 amide bonds. The third-order valence-electron chi connectivity index (χ3n) is 3.28. The van der Waals surface area contributed by atoms with E-state index in [1.54, 1.807) is 11.3 Å². The molecule has 0 spiro atoms. The maximum Gasteiger partial charge on any atom is 0.186 e. The van der Waals surface area contributed by atoms with Gasteiger partial charge in [0.15, 0.2) is 5.13 Å². The van der Waals surface area contributed by atoms with Gasteiger partial charge in [-0.3, -0.25) is 4.98 Å². The van der Waals surface area contributed by atoms with Crippen molar-refractivity contribution in [2.75, 3.05) is 11.9 Å². The number of thiazole rings is 1. The number of aromatic nitrogens is 2. The van der Waals surface area contributed by atoms with Crippen molar-refractivity contribution < 1.29 is 0 Å². The second-order valence-electron chi connectivity index (χ2n) is 4.51. The molecule has 96 valence electrons. The summed E-state index contributed by atoms with van der Waals surface area (Å²) in [5.74, 6) is 0. The van der Waals surface area contributed by atoms with Crippen molar-refractivity contribution in [2.24, 2.45) is 0 Å². The highest BCUT2D eigenvalue weighted by Gasteiger charge is 2.16. The van der Waals surface area contributed by atoms with Gasteiger partial charge in [0.1, 0.15) is 0 Å². The van der Waals surface area contributed by atoms with Crippen molar-refractivity contribution >= 4 is 26.7 Å². The van der Waals surface area contributed by atoms with Gasteiger partial charge in [-0.05, 0) is 31.2 Å². The van der Waals surface area contributed by atoms with Gasteiger partial charge in [0.25, 0.3) is 0 Å². The molecule has 1 aromatic carbocycles. The van der Waals surface area contributed by atoms with Crippen LogP contribution in [0, 0.1) is 0 Å². The van der Waals surface area contributed by atoms with Gasteiger partial charge in [0, 0.05) is 13.2 Å². The fraction of sp³-hybridized carbons (Fsp3) is 0.200. The van der Waals surface area contributed by atoms with Crippen molar-refractivity contribution in [1.82, 2.24) is 9.97 Å². The number of hydrogen-bond acceptors (Lipinski definition) is 4. The van der Waals surface area contributed by atoms with Crippen LogP contribution in [0.15, 0.2) is 48.7 Å². The summed E-state index contributed by atoms with van der Waals surface area (Å²) in [4.78, 5) is 11.3. The number of fused-ring (bicyclic) bond motifs is 1. The third-order valence-corrected chi connectivity index (χ3v) is 4.41. The van der Waals surface area contributed by atoms with Crippen LogP contribution in [0.5, 0.6) is 0 Å². The first kappa shape index (κ1) is 12.1. The lowest BCUT2D eigenvalue weighted by atomic mass is 10.2. The van der Waals surface area contributed by atoms with E-state index in [9.17, 15) is 0 Å². The van der Waals surface area contributed by atoms with E-state index in [-0.39, 0.29) is 6.04 Å². The fourth-order valence-electron chi connectivity index (χ4n) is 2.00. The molecule has 0 N–H and O–H groups in total. The normalized spacial score (nSPS) is 12.5. The van der Waals surface area contributed by atoms with Gasteiger partial charge >= 0.3 is 0 Å². The van der Waals surface area contributed by atoms with Crippen LogP contribution in [-0.4, -0.2) is 17.0 Å². The van der Waals surface area contributed by atoms with Crippen LogP contribution in [0.1, 0.15) is 18.7 Å². The molecule has 0 fully saturated rings. The van der Waals surface area contributed by atoms with Crippen LogP contribution >= 0.6 is 11.3 Å². The van der Waals surface area contributed by atoms with Crippen LogP contribution in [-0.2, 0) is 0 Å². The second-order valence-corrected chi connectivity index (χ2v) is 5.51. The highest BCUT2D eigenvalue weighted by atomic mass is 32.1. The first-order valence-electron chi connectivity index (χ1n) is 6.25. The van der Waals surface area contributed by atoms with Gasteiger partial charge in [0.2, 0.25) is 0 Å². The van der Waals surface area contributed by atoms with Crippen molar-refractivity contribution in [3.8, 4) is 0 Å². The molecular formula is C15H15N3S. The second kappa shape index (κ2) is 4.97. The monoisotopic (exact) mass is 269 g/mol. The number of pyridine rings is 1. The topological polar surface area (TPSA) is 29.0 Å². The Balaban J connectivity index is 1.93. The van der Waals surface area contributed by atoms with Crippen molar-refractivity contribution in [1.29, 1.82) is 0 Å². The highest BCUT2D eigenvalue weighted by molar-refractivity contribution is 7.22. The number of anilines is 1.